The highest BCUT2D eigenvalue weighted by atomic mass is 79.9. The molecule has 0 aliphatic carbocycles. The van der Waals surface area contributed by atoms with E-state index in [9.17, 15) is 4.79 Å². The number of nitrogens with two attached hydrogens (primary N) is 1. The van der Waals surface area contributed by atoms with E-state index in [4.69, 9.17) is 24.7 Å². The fourth-order valence-electron chi connectivity index (χ4n) is 2.67. The molecule has 2 aromatic rings. The predicted molar refractivity (Wildman–Crippen MR) is 102 cm³/mol. The van der Waals surface area contributed by atoms with Crippen molar-refractivity contribution >= 4 is 21.9 Å². The summed E-state index contributed by atoms with van der Waals surface area (Å²) in [5.74, 6) is 1.50. The first-order valence-electron chi connectivity index (χ1n) is 8.12. The monoisotopic (exact) mass is 426 g/mol. The third kappa shape index (κ3) is 3.81. The van der Waals surface area contributed by atoms with Crippen molar-refractivity contribution in [2.45, 2.75) is 26.3 Å². The Morgan fingerprint density at radius 1 is 1.15 bits per heavy atom. The van der Waals surface area contributed by atoms with Crippen LogP contribution in [0.15, 0.2) is 16.6 Å². The molecule has 0 aliphatic rings. The summed E-state index contributed by atoms with van der Waals surface area (Å²) in [6, 6.07) is 3.62. The molecular weight excluding hydrogens is 404 g/mol. The number of esters is 1. The van der Waals surface area contributed by atoms with Crippen LogP contribution in [0, 0.1) is 0 Å². The number of H-pyrrole nitrogens is 1. The van der Waals surface area contributed by atoms with E-state index >= 15 is 0 Å². The quantitative estimate of drug-likeness (QED) is 0.625. The van der Waals surface area contributed by atoms with Gasteiger partial charge in [-0.3, -0.25) is 4.79 Å². The van der Waals surface area contributed by atoms with Crippen molar-refractivity contribution in [3.8, 4) is 34.3 Å². The van der Waals surface area contributed by atoms with Crippen LogP contribution in [-0.2, 0) is 11.3 Å². The highest BCUT2D eigenvalue weighted by Crippen LogP contribution is 2.48. The summed E-state index contributed by atoms with van der Waals surface area (Å²) in [5, 5.41) is 0. The lowest BCUT2D eigenvalue weighted by molar-refractivity contribution is -0.134. The molecule has 0 unspecified atom stereocenters. The Balaban J connectivity index is 2.61. The summed E-state index contributed by atoms with van der Waals surface area (Å²) in [7, 11) is 4.64. The molecule has 0 spiro atoms. The molecule has 0 saturated carbocycles. The molecular formula is C18H23BrN2O5. The van der Waals surface area contributed by atoms with Gasteiger partial charge >= 0.3 is 5.97 Å². The highest BCUT2D eigenvalue weighted by Gasteiger charge is 2.25. The maximum atomic E-state index is 11.9. The molecule has 8 heteroatoms. The second-order valence-electron chi connectivity index (χ2n) is 5.43. The molecule has 1 heterocycles. The molecule has 0 radical (unpaired) electrons. The lowest BCUT2D eigenvalue weighted by atomic mass is 10.0. The zero-order chi connectivity index (χ0) is 19.3. The first kappa shape index (κ1) is 20.1. The van der Waals surface area contributed by atoms with Gasteiger partial charge in [0.25, 0.3) is 0 Å². The smallest absolute Gasteiger partial charge is 0.312 e. The van der Waals surface area contributed by atoms with Gasteiger partial charge in [0, 0.05) is 29.8 Å². The van der Waals surface area contributed by atoms with Crippen molar-refractivity contribution in [1.29, 1.82) is 0 Å². The predicted octanol–water partition coefficient (Wildman–Crippen LogP) is 3.63. The van der Waals surface area contributed by atoms with Gasteiger partial charge in [-0.1, -0.05) is 6.92 Å². The number of carbonyl (C=O) groups is 1. The van der Waals surface area contributed by atoms with Crippen LogP contribution in [-0.4, -0.2) is 32.3 Å². The lowest BCUT2D eigenvalue weighted by Crippen LogP contribution is -2.07. The van der Waals surface area contributed by atoms with Crippen molar-refractivity contribution in [3.63, 3.8) is 0 Å². The topological polar surface area (TPSA) is 95.8 Å². The third-order valence-electron chi connectivity index (χ3n) is 3.83. The summed E-state index contributed by atoms with van der Waals surface area (Å²) in [5.41, 5.74) is 8.05. The van der Waals surface area contributed by atoms with Gasteiger partial charge in [-0.15, -0.1) is 0 Å². The van der Waals surface area contributed by atoms with Crippen LogP contribution in [0.3, 0.4) is 0 Å². The third-order valence-corrected chi connectivity index (χ3v) is 4.59. The molecule has 0 bridgehead atoms. The van der Waals surface area contributed by atoms with Crippen LogP contribution in [0.5, 0.6) is 23.1 Å². The maximum Gasteiger partial charge on any atom is 0.312 e. The van der Waals surface area contributed by atoms with Crippen molar-refractivity contribution in [2.75, 3.05) is 21.3 Å². The first-order valence-corrected chi connectivity index (χ1v) is 8.91. The summed E-state index contributed by atoms with van der Waals surface area (Å²) in [6.45, 7) is 2.13. The Hall–Kier alpha value is -2.19. The van der Waals surface area contributed by atoms with Crippen LogP contribution >= 0.6 is 15.9 Å². The van der Waals surface area contributed by atoms with Gasteiger partial charge < -0.3 is 29.7 Å². The molecule has 0 fully saturated rings. The number of carbonyl (C=O) groups excluding carboxylic acids is 1. The second kappa shape index (κ2) is 8.95. The number of nitrogens with one attached hydrogen (secondary N) is 1. The van der Waals surface area contributed by atoms with E-state index in [0.717, 1.165) is 11.1 Å². The Morgan fingerprint density at radius 3 is 2.38 bits per heavy atom. The van der Waals surface area contributed by atoms with Crippen LogP contribution in [0.4, 0.5) is 0 Å². The molecule has 1 aromatic heterocycles. The minimum atomic E-state index is -0.316. The van der Waals surface area contributed by atoms with E-state index in [-0.39, 0.29) is 12.5 Å². The zero-order valence-electron chi connectivity index (χ0n) is 15.3. The molecule has 0 amide bonds. The molecule has 142 valence electrons. The number of halogens is 1. The Morgan fingerprint density at radius 2 is 1.85 bits per heavy atom. The van der Waals surface area contributed by atoms with Gasteiger partial charge in [0.1, 0.15) is 0 Å². The minimum Gasteiger partial charge on any atom is -0.493 e. The summed E-state index contributed by atoms with van der Waals surface area (Å²) in [4.78, 5) is 14.9. The number of aromatic amines is 1. The van der Waals surface area contributed by atoms with Gasteiger partial charge in [-0.2, -0.15) is 0 Å². The van der Waals surface area contributed by atoms with E-state index in [1.54, 1.807) is 20.3 Å². The number of benzene rings is 1. The van der Waals surface area contributed by atoms with Crippen molar-refractivity contribution in [2.24, 2.45) is 5.73 Å². The number of rotatable bonds is 8. The number of methoxy groups -OCH3 is 3. The first-order chi connectivity index (χ1) is 12.5. The molecule has 3 N–H and O–H groups in total. The molecule has 0 aliphatic heterocycles. The average molecular weight is 427 g/mol. The van der Waals surface area contributed by atoms with E-state index in [1.807, 2.05) is 13.0 Å². The molecule has 0 saturated heterocycles. The van der Waals surface area contributed by atoms with Gasteiger partial charge in [0.05, 0.1) is 25.8 Å². The van der Waals surface area contributed by atoms with E-state index < -0.39 is 0 Å². The molecule has 7 nitrogen and oxygen atoms in total. The molecule has 0 atom stereocenters. The van der Waals surface area contributed by atoms with Crippen LogP contribution < -0.4 is 24.7 Å². The summed E-state index contributed by atoms with van der Waals surface area (Å²) in [6.07, 6.45) is 1.04. The normalized spacial score (nSPS) is 10.5. The molecule has 2 rings (SSSR count). The van der Waals surface area contributed by atoms with Gasteiger partial charge in [0.15, 0.2) is 11.5 Å². The fraction of sp³-hybridized carbons (Fsp3) is 0.389. The maximum absolute atomic E-state index is 11.9. The van der Waals surface area contributed by atoms with Crippen LogP contribution in [0.25, 0.3) is 11.1 Å². The van der Waals surface area contributed by atoms with Crippen molar-refractivity contribution in [1.82, 2.24) is 4.98 Å². The lowest BCUT2D eigenvalue weighted by Gasteiger charge is -2.16. The van der Waals surface area contributed by atoms with E-state index in [1.165, 1.54) is 7.11 Å². The SMILES string of the molecule is CCCC(=O)Oc1[nH]c(CN)c(-c2ccc(OC)c(OC)c2OC)c1Br. The van der Waals surface area contributed by atoms with Crippen molar-refractivity contribution < 1.29 is 23.7 Å². The molecule has 1 aromatic carbocycles. The van der Waals surface area contributed by atoms with Crippen molar-refractivity contribution in [3.05, 3.63) is 22.3 Å². The Bertz CT molecular complexity index is 788. The fourth-order valence-corrected chi connectivity index (χ4v) is 3.30. The average Bonchev–Trinajstić information content (AvgIpc) is 2.95. The van der Waals surface area contributed by atoms with Gasteiger partial charge in [-0.05, 0) is 34.5 Å². The number of ether oxygens (including phenoxy) is 4. The van der Waals surface area contributed by atoms with E-state index in [0.29, 0.717) is 46.1 Å². The number of hydrogen-bond acceptors (Lipinski definition) is 6. The highest BCUT2D eigenvalue weighted by molar-refractivity contribution is 9.10. The molecule has 26 heavy (non-hydrogen) atoms. The van der Waals surface area contributed by atoms with Gasteiger partial charge in [0.2, 0.25) is 11.6 Å². The minimum absolute atomic E-state index is 0.219. The second-order valence-corrected chi connectivity index (χ2v) is 6.22. The number of hydrogen-bond donors (Lipinski definition) is 2. The van der Waals surface area contributed by atoms with E-state index in [2.05, 4.69) is 20.9 Å². The zero-order valence-corrected chi connectivity index (χ0v) is 16.9. The Kier molecular flexibility index (Phi) is 6.93. The Labute approximate surface area is 160 Å². The van der Waals surface area contributed by atoms with Crippen LogP contribution in [0.1, 0.15) is 25.5 Å². The largest absolute Gasteiger partial charge is 0.493 e. The van der Waals surface area contributed by atoms with Crippen LogP contribution in [0.2, 0.25) is 0 Å². The summed E-state index contributed by atoms with van der Waals surface area (Å²) >= 11 is 3.51. The summed E-state index contributed by atoms with van der Waals surface area (Å²) < 4.78 is 22.3. The van der Waals surface area contributed by atoms with Gasteiger partial charge in [-0.25, -0.2) is 0 Å². The standard InChI is InChI=1S/C18H23BrN2O5/c1-5-6-13(22)26-18-15(19)14(11(9-20)21-18)10-7-8-12(23-2)17(25-4)16(10)24-3/h7-8,21H,5-6,9,20H2,1-4H3. The number of aromatic nitrogens is 1.